The summed E-state index contributed by atoms with van der Waals surface area (Å²) < 4.78 is 5.46. The quantitative estimate of drug-likeness (QED) is 0.674. The maximum absolute atomic E-state index is 11.8. The van der Waals surface area contributed by atoms with E-state index in [0.717, 1.165) is 10.9 Å². The summed E-state index contributed by atoms with van der Waals surface area (Å²) in [7, 11) is 0. The van der Waals surface area contributed by atoms with Gasteiger partial charge in [0.15, 0.2) is 5.76 Å². The Kier molecular flexibility index (Phi) is 1.68. The molecule has 0 atom stereocenters. The van der Waals surface area contributed by atoms with Crippen molar-refractivity contribution < 1.29 is 14.0 Å². The van der Waals surface area contributed by atoms with Crippen LogP contribution in [0.5, 0.6) is 0 Å². The number of carbonyl (C=O) groups is 2. The zero-order chi connectivity index (χ0) is 11.3. The minimum absolute atomic E-state index is 0.250. The molecule has 2 aromatic rings. The first-order valence-electron chi connectivity index (χ1n) is 5.01. The van der Waals surface area contributed by atoms with Gasteiger partial charge in [-0.05, 0) is 6.07 Å². The summed E-state index contributed by atoms with van der Waals surface area (Å²) in [6.07, 6.45) is 0. The number of nitrogens with zero attached hydrogens (tertiary/aromatic N) is 1. The molecule has 80 valence electrons. The van der Waals surface area contributed by atoms with Gasteiger partial charge in [0.05, 0.1) is 6.54 Å². The van der Waals surface area contributed by atoms with Crippen molar-refractivity contribution in [3.05, 3.63) is 35.6 Å². The molecule has 1 aliphatic rings. The Bertz CT molecular complexity index is 612. The summed E-state index contributed by atoms with van der Waals surface area (Å²) in [5.74, 6) is -0.282. The lowest BCUT2D eigenvalue weighted by Gasteiger charge is -2.09. The normalized spacial score (nSPS) is 14.6. The lowest BCUT2D eigenvalue weighted by atomic mass is 10.1. The van der Waals surface area contributed by atoms with Gasteiger partial charge < -0.3 is 4.42 Å². The fourth-order valence-electron chi connectivity index (χ4n) is 2.04. The number of carbonyl (C=O) groups excluding carboxylic acids is 2. The van der Waals surface area contributed by atoms with E-state index in [2.05, 4.69) is 0 Å². The Morgan fingerprint density at radius 3 is 2.88 bits per heavy atom. The van der Waals surface area contributed by atoms with Crippen molar-refractivity contribution in [2.45, 2.75) is 13.5 Å². The van der Waals surface area contributed by atoms with E-state index in [0.29, 0.717) is 17.9 Å². The van der Waals surface area contributed by atoms with Gasteiger partial charge in [0, 0.05) is 17.9 Å². The molecule has 1 aliphatic heterocycles. The summed E-state index contributed by atoms with van der Waals surface area (Å²) in [6.45, 7) is 1.70. The minimum atomic E-state index is -0.335. The van der Waals surface area contributed by atoms with Crippen molar-refractivity contribution in [3.8, 4) is 0 Å². The van der Waals surface area contributed by atoms with Crippen LogP contribution in [0, 0.1) is 0 Å². The van der Waals surface area contributed by atoms with E-state index in [1.807, 2.05) is 24.3 Å². The van der Waals surface area contributed by atoms with Crippen molar-refractivity contribution in [1.29, 1.82) is 0 Å². The Labute approximate surface area is 91.4 Å². The van der Waals surface area contributed by atoms with E-state index in [4.69, 9.17) is 4.42 Å². The minimum Gasteiger partial charge on any atom is -0.451 e. The van der Waals surface area contributed by atoms with E-state index < -0.39 is 0 Å². The van der Waals surface area contributed by atoms with E-state index in [1.165, 1.54) is 11.8 Å². The SMILES string of the molecule is CC(=O)N1Cc2c(oc3ccccc23)C1=O. The lowest BCUT2D eigenvalue weighted by molar-refractivity contribution is -0.126. The second-order valence-electron chi connectivity index (χ2n) is 3.82. The smallest absolute Gasteiger partial charge is 0.296 e. The van der Waals surface area contributed by atoms with Crippen LogP contribution in [-0.4, -0.2) is 16.7 Å². The van der Waals surface area contributed by atoms with Crippen LogP contribution in [0.15, 0.2) is 28.7 Å². The Balaban J connectivity index is 2.22. The monoisotopic (exact) mass is 215 g/mol. The molecule has 0 N–H and O–H groups in total. The number of furan rings is 1. The highest BCUT2D eigenvalue weighted by atomic mass is 16.3. The van der Waals surface area contributed by atoms with Crippen LogP contribution in [-0.2, 0) is 11.3 Å². The maximum atomic E-state index is 11.8. The summed E-state index contributed by atoms with van der Waals surface area (Å²) in [5.41, 5.74) is 1.51. The first-order chi connectivity index (χ1) is 7.68. The molecule has 0 radical (unpaired) electrons. The Morgan fingerprint density at radius 1 is 1.38 bits per heavy atom. The van der Waals surface area contributed by atoms with Gasteiger partial charge in [-0.2, -0.15) is 0 Å². The van der Waals surface area contributed by atoms with Gasteiger partial charge in [-0.3, -0.25) is 14.5 Å². The second-order valence-corrected chi connectivity index (χ2v) is 3.82. The van der Waals surface area contributed by atoms with Crippen molar-refractivity contribution in [3.63, 3.8) is 0 Å². The molecule has 0 bridgehead atoms. The van der Waals surface area contributed by atoms with Gasteiger partial charge >= 0.3 is 0 Å². The van der Waals surface area contributed by atoms with Crippen LogP contribution in [0.3, 0.4) is 0 Å². The number of imide groups is 1. The summed E-state index contributed by atoms with van der Waals surface area (Å²) >= 11 is 0. The molecular weight excluding hydrogens is 206 g/mol. The molecule has 2 amide bonds. The van der Waals surface area contributed by atoms with Gasteiger partial charge in [-0.1, -0.05) is 18.2 Å². The van der Waals surface area contributed by atoms with Crippen LogP contribution < -0.4 is 0 Å². The summed E-state index contributed by atoms with van der Waals surface area (Å²) in [4.78, 5) is 24.2. The molecule has 4 heteroatoms. The molecule has 1 aromatic carbocycles. The zero-order valence-electron chi connectivity index (χ0n) is 8.69. The molecule has 0 saturated carbocycles. The highest BCUT2D eigenvalue weighted by Gasteiger charge is 2.35. The molecule has 0 aliphatic carbocycles. The van der Waals surface area contributed by atoms with Gasteiger partial charge in [0.1, 0.15) is 5.58 Å². The third-order valence-corrected chi connectivity index (χ3v) is 2.83. The molecule has 0 unspecified atom stereocenters. The van der Waals surface area contributed by atoms with Gasteiger partial charge in [0.2, 0.25) is 5.91 Å². The first kappa shape index (κ1) is 9.15. The Morgan fingerprint density at radius 2 is 2.12 bits per heavy atom. The molecule has 4 nitrogen and oxygen atoms in total. The largest absolute Gasteiger partial charge is 0.451 e. The van der Waals surface area contributed by atoms with E-state index >= 15 is 0 Å². The van der Waals surface area contributed by atoms with Crippen LogP contribution in [0.4, 0.5) is 0 Å². The molecule has 2 heterocycles. The van der Waals surface area contributed by atoms with Gasteiger partial charge in [-0.15, -0.1) is 0 Å². The summed E-state index contributed by atoms with van der Waals surface area (Å²) in [6, 6.07) is 7.46. The van der Waals surface area contributed by atoms with Crippen LogP contribution in [0.25, 0.3) is 11.0 Å². The first-order valence-corrected chi connectivity index (χ1v) is 5.01. The van der Waals surface area contributed by atoms with Gasteiger partial charge in [0.25, 0.3) is 5.91 Å². The van der Waals surface area contributed by atoms with Crippen molar-refractivity contribution >= 4 is 22.8 Å². The summed E-state index contributed by atoms with van der Waals surface area (Å²) in [5, 5.41) is 0.912. The van der Waals surface area contributed by atoms with Gasteiger partial charge in [-0.25, -0.2) is 0 Å². The molecular formula is C12H9NO3. The Hall–Kier alpha value is -2.10. The van der Waals surface area contributed by atoms with E-state index in [1.54, 1.807) is 0 Å². The predicted octanol–water partition coefficient (Wildman–Crippen LogP) is 1.94. The molecule has 0 spiro atoms. The van der Waals surface area contributed by atoms with Crippen LogP contribution in [0.1, 0.15) is 23.0 Å². The third-order valence-electron chi connectivity index (χ3n) is 2.83. The standard InChI is InChI=1S/C12H9NO3/c1-7(14)13-6-9-8-4-2-3-5-10(8)16-11(9)12(13)15/h2-5H,6H2,1H3. The van der Waals surface area contributed by atoms with Crippen molar-refractivity contribution in [2.75, 3.05) is 0 Å². The highest BCUT2D eigenvalue weighted by Crippen LogP contribution is 2.32. The fourth-order valence-corrected chi connectivity index (χ4v) is 2.04. The van der Waals surface area contributed by atoms with E-state index in [9.17, 15) is 9.59 Å². The van der Waals surface area contributed by atoms with Crippen molar-refractivity contribution in [2.24, 2.45) is 0 Å². The number of amides is 2. The number of para-hydroxylation sites is 1. The maximum Gasteiger partial charge on any atom is 0.296 e. The number of fused-ring (bicyclic) bond motifs is 3. The number of rotatable bonds is 0. The lowest BCUT2D eigenvalue weighted by Crippen LogP contribution is -2.28. The third kappa shape index (κ3) is 1.04. The molecule has 3 rings (SSSR count). The average molecular weight is 215 g/mol. The fraction of sp³-hybridized carbons (Fsp3) is 0.167. The topological polar surface area (TPSA) is 50.5 Å². The molecule has 16 heavy (non-hydrogen) atoms. The highest BCUT2D eigenvalue weighted by molar-refractivity contribution is 6.09. The second kappa shape index (κ2) is 2.95. The molecule has 0 saturated heterocycles. The van der Waals surface area contributed by atoms with Crippen molar-refractivity contribution in [1.82, 2.24) is 4.90 Å². The number of benzene rings is 1. The zero-order valence-corrected chi connectivity index (χ0v) is 8.69. The number of hydrogen-bond acceptors (Lipinski definition) is 3. The molecule has 1 aromatic heterocycles. The van der Waals surface area contributed by atoms with E-state index in [-0.39, 0.29) is 11.8 Å². The predicted molar refractivity (Wildman–Crippen MR) is 56.8 cm³/mol. The molecule has 0 fully saturated rings. The average Bonchev–Trinajstić information content (AvgIpc) is 2.76. The number of hydrogen-bond donors (Lipinski definition) is 0. The van der Waals surface area contributed by atoms with Crippen LogP contribution >= 0.6 is 0 Å². The van der Waals surface area contributed by atoms with Crippen LogP contribution in [0.2, 0.25) is 0 Å².